The molecule has 0 saturated carbocycles. The molecule has 6 aromatic carbocycles. The van der Waals surface area contributed by atoms with E-state index in [9.17, 15) is 0 Å². The van der Waals surface area contributed by atoms with Crippen molar-refractivity contribution in [2.75, 3.05) is 0 Å². The number of hydrogen-bond donors (Lipinski definition) is 0. The molecule has 0 aliphatic heterocycles. The van der Waals surface area contributed by atoms with Crippen LogP contribution in [0.2, 0.25) is 78.6 Å². The minimum Gasteiger partial charge on any atom is -0.456 e. The molecule has 0 saturated heterocycles. The van der Waals surface area contributed by atoms with Crippen molar-refractivity contribution >= 4 is 80.0 Å². The van der Waals surface area contributed by atoms with Crippen LogP contribution in [-0.2, 0) is 0 Å². The van der Waals surface area contributed by atoms with Crippen LogP contribution in [0.25, 0.3) is 0 Å². The van der Waals surface area contributed by atoms with E-state index in [1.165, 1.54) is 54.1 Å². The van der Waals surface area contributed by atoms with E-state index in [0.29, 0.717) is 22.2 Å². The van der Waals surface area contributed by atoms with Gasteiger partial charge < -0.3 is 4.74 Å². The zero-order valence-corrected chi connectivity index (χ0v) is 47.3. The third-order valence-corrected chi connectivity index (χ3v) is 30.9. The van der Waals surface area contributed by atoms with Gasteiger partial charge in [-0.25, -0.2) is 0 Å². The highest BCUT2D eigenvalue weighted by molar-refractivity contribution is 7.80. The topological polar surface area (TPSA) is 9.23 Å². The molecule has 63 heavy (non-hydrogen) atoms. The molecule has 4 unspecified atom stereocenters. The van der Waals surface area contributed by atoms with Crippen LogP contribution < -0.4 is 36.6 Å². The Bertz CT molecular complexity index is 2120. The minimum atomic E-state index is -1.36. The average molecular weight is 940 g/mol. The first-order valence-corrected chi connectivity index (χ1v) is 40.3. The van der Waals surface area contributed by atoms with Crippen LogP contribution in [0.3, 0.4) is 0 Å². The molecule has 0 heterocycles. The van der Waals surface area contributed by atoms with Crippen LogP contribution in [-0.4, -0.2) is 32.3 Å². The Kier molecular flexibility index (Phi) is 15.5. The van der Waals surface area contributed by atoms with E-state index in [-0.39, 0.29) is 0 Å². The quantitative estimate of drug-likeness (QED) is 0.0694. The number of ether oxygens (including phenoxy) is 1. The largest absolute Gasteiger partial charge is 0.456 e. The second-order valence-electron chi connectivity index (χ2n) is 22.4. The molecule has 0 radical (unpaired) electrons. The van der Waals surface area contributed by atoms with Crippen molar-refractivity contribution in [3.8, 4) is 11.5 Å². The Hall–Kier alpha value is -3.15. The predicted molar refractivity (Wildman–Crippen MR) is 297 cm³/mol. The second kappa shape index (κ2) is 19.8. The van der Waals surface area contributed by atoms with Crippen molar-refractivity contribution < 1.29 is 4.74 Å². The van der Waals surface area contributed by atoms with Crippen LogP contribution in [0.4, 0.5) is 0 Å². The fourth-order valence-electron chi connectivity index (χ4n) is 8.08. The Labute approximate surface area is 390 Å². The second-order valence-corrected chi connectivity index (χ2v) is 49.2. The van der Waals surface area contributed by atoms with Crippen LogP contribution >= 0.6 is 15.8 Å². The van der Waals surface area contributed by atoms with E-state index in [2.05, 4.69) is 252 Å². The maximum absolute atomic E-state index is 7.37. The summed E-state index contributed by atoms with van der Waals surface area (Å²) in [6, 6.07) is 56.3. The molecule has 0 aliphatic rings. The summed E-state index contributed by atoms with van der Waals surface area (Å²) in [5.41, 5.74) is 8.14. The number of benzene rings is 6. The van der Waals surface area contributed by atoms with E-state index in [4.69, 9.17) is 4.74 Å². The van der Waals surface area contributed by atoms with Gasteiger partial charge in [-0.15, -0.1) is 0 Å². The van der Waals surface area contributed by atoms with Crippen molar-refractivity contribution in [1.82, 2.24) is 0 Å². The van der Waals surface area contributed by atoms with Gasteiger partial charge in [0.05, 0.1) is 32.3 Å². The molecule has 0 aliphatic carbocycles. The molecule has 0 fully saturated rings. The van der Waals surface area contributed by atoms with Crippen molar-refractivity contribution in [3.05, 3.63) is 168 Å². The molecule has 0 spiro atoms. The van der Waals surface area contributed by atoms with E-state index in [1.807, 2.05) is 0 Å². The lowest BCUT2D eigenvalue weighted by atomic mass is 10.2. The average Bonchev–Trinajstić information content (AvgIpc) is 3.23. The lowest BCUT2D eigenvalue weighted by Crippen LogP contribution is -2.29. The maximum atomic E-state index is 7.37. The molecule has 0 amide bonds. The van der Waals surface area contributed by atoms with Crippen LogP contribution in [0.15, 0.2) is 146 Å². The minimum absolute atomic E-state index is 0.585. The van der Waals surface area contributed by atoms with E-state index >= 15 is 0 Å². The highest BCUT2D eigenvalue weighted by Crippen LogP contribution is 2.42. The number of para-hydroxylation sites is 2. The normalized spacial score (nSPS) is 15.6. The first kappa shape index (κ1) is 49.3. The van der Waals surface area contributed by atoms with Crippen LogP contribution in [0, 0.1) is 0 Å². The maximum Gasteiger partial charge on any atom is 0.135 e. The summed E-state index contributed by atoms with van der Waals surface area (Å²) in [6.07, 6.45) is 0. The first-order valence-electron chi connectivity index (χ1n) is 23.3. The summed E-state index contributed by atoms with van der Waals surface area (Å²) >= 11 is 0. The Morgan fingerprint density at radius 2 is 0.508 bits per heavy atom. The van der Waals surface area contributed by atoms with Crippen LogP contribution in [0.1, 0.15) is 72.1 Å². The first-order chi connectivity index (χ1) is 29.4. The summed E-state index contributed by atoms with van der Waals surface area (Å²) in [6.45, 7) is 39.4. The van der Waals surface area contributed by atoms with Gasteiger partial charge in [0.15, 0.2) is 0 Å². The van der Waals surface area contributed by atoms with Crippen molar-refractivity contribution in [2.45, 2.75) is 128 Å². The van der Waals surface area contributed by atoms with Crippen LogP contribution in [0.5, 0.6) is 11.5 Å². The van der Waals surface area contributed by atoms with Gasteiger partial charge in [-0.1, -0.05) is 240 Å². The van der Waals surface area contributed by atoms with Crippen molar-refractivity contribution in [2.24, 2.45) is 0 Å². The Morgan fingerprint density at radius 1 is 0.302 bits per heavy atom. The Balaban J connectivity index is 1.47. The number of rotatable bonds is 16. The predicted octanol–water partition coefficient (Wildman–Crippen LogP) is 14.9. The molecule has 6 aromatic rings. The van der Waals surface area contributed by atoms with Gasteiger partial charge in [0, 0.05) is 10.6 Å². The Morgan fingerprint density at radius 3 is 0.714 bits per heavy atom. The molecule has 6 rings (SSSR count). The van der Waals surface area contributed by atoms with Gasteiger partial charge >= 0.3 is 0 Å². The molecule has 4 atom stereocenters. The summed E-state index contributed by atoms with van der Waals surface area (Å²) in [5.74, 6) is 1.87. The third-order valence-electron chi connectivity index (χ3n) is 14.2. The molecular formula is C56H76OP2Si4. The van der Waals surface area contributed by atoms with Gasteiger partial charge in [-0.3, -0.25) is 0 Å². The molecular weight excluding hydrogens is 863 g/mol. The summed E-state index contributed by atoms with van der Waals surface area (Å²) in [4.78, 5) is 0. The molecule has 332 valence electrons. The van der Waals surface area contributed by atoms with Gasteiger partial charge in [0.1, 0.15) is 11.5 Å². The lowest BCUT2D eigenvalue weighted by molar-refractivity contribution is 0.491. The monoisotopic (exact) mass is 938 g/mol. The van der Waals surface area contributed by atoms with Gasteiger partial charge in [0.25, 0.3) is 0 Å². The fourth-order valence-corrected chi connectivity index (χ4v) is 17.5. The standard InChI is InChI=1S/C56H76OP2Si4/c1-41(60(5,6)7)45-25-33-49(34-26-45)58(50-35-27-46(28-36-50)42(2)61(8,9)10)55-23-19-17-21-53(55)57-54-22-18-20-24-56(54)59(51-37-29-47(30-38-51)43(3)62(11,12)13)52-39-31-48(32-40-52)44(4)63(14,15)16/h17-44H,1-16H3. The van der Waals surface area contributed by atoms with Crippen molar-refractivity contribution in [1.29, 1.82) is 0 Å². The lowest BCUT2D eigenvalue weighted by Gasteiger charge is -2.28. The number of hydrogen-bond acceptors (Lipinski definition) is 1. The van der Waals surface area contributed by atoms with Gasteiger partial charge in [0.2, 0.25) is 0 Å². The molecule has 0 bridgehead atoms. The fraction of sp³-hybridized carbons (Fsp3) is 0.357. The summed E-state index contributed by atoms with van der Waals surface area (Å²) in [7, 11) is -7.29. The molecule has 0 N–H and O–H groups in total. The summed E-state index contributed by atoms with van der Waals surface area (Å²) < 4.78 is 7.37. The van der Waals surface area contributed by atoms with Gasteiger partial charge in [-0.2, -0.15) is 0 Å². The summed E-state index contributed by atoms with van der Waals surface area (Å²) in [5, 5.41) is 7.92. The zero-order valence-electron chi connectivity index (χ0n) is 41.5. The van der Waals surface area contributed by atoms with E-state index in [1.54, 1.807) is 0 Å². The van der Waals surface area contributed by atoms with Gasteiger partial charge in [-0.05, 0) is 93.6 Å². The highest BCUT2D eigenvalue weighted by Gasteiger charge is 2.30. The third kappa shape index (κ3) is 11.8. The molecule has 1 nitrogen and oxygen atoms in total. The zero-order chi connectivity index (χ0) is 46.1. The van der Waals surface area contributed by atoms with E-state index in [0.717, 1.165) is 11.5 Å². The van der Waals surface area contributed by atoms with E-state index < -0.39 is 48.1 Å². The smallest absolute Gasteiger partial charge is 0.135 e. The van der Waals surface area contributed by atoms with Crippen molar-refractivity contribution in [3.63, 3.8) is 0 Å². The highest BCUT2D eigenvalue weighted by atomic mass is 31.1. The molecule has 0 aromatic heterocycles. The SMILES string of the molecule is CC(c1ccc(P(c2ccc(C(C)[Si](C)(C)C)cc2)c2ccccc2Oc2ccccc2P(c2ccc(C(C)[Si](C)(C)C)cc2)c2ccc(C(C)[Si](C)(C)C)cc2)cc1)[Si](C)(C)C. The molecule has 7 heteroatoms.